The third kappa shape index (κ3) is 3.44. The van der Waals surface area contributed by atoms with Crippen molar-refractivity contribution >= 4 is 10.1 Å². The fourth-order valence-corrected chi connectivity index (χ4v) is 1.25. The van der Waals surface area contributed by atoms with Gasteiger partial charge < -0.3 is 0 Å². The molecule has 0 radical (unpaired) electrons. The van der Waals surface area contributed by atoms with Crippen LogP contribution in [-0.2, 0) is 16.7 Å². The van der Waals surface area contributed by atoms with Gasteiger partial charge in [0.05, 0.1) is 11.9 Å². The Kier molecular flexibility index (Phi) is 2.77. The lowest BCUT2D eigenvalue weighted by Gasteiger charge is -1.97. The van der Waals surface area contributed by atoms with E-state index in [4.69, 9.17) is 4.55 Å². The van der Waals surface area contributed by atoms with E-state index >= 15 is 0 Å². The van der Waals surface area contributed by atoms with Crippen molar-refractivity contribution in [3.8, 4) is 0 Å². The summed E-state index contributed by atoms with van der Waals surface area (Å²) in [6.07, 6.45) is 3.47. The molecule has 1 rings (SSSR count). The van der Waals surface area contributed by atoms with Gasteiger partial charge in [-0.3, -0.25) is 9.23 Å². The first kappa shape index (κ1) is 9.14. The second kappa shape index (κ2) is 3.63. The van der Waals surface area contributed by atoms with Crippen LogP contribution in [0.1, 0.15) is 6.42 Å². The Morgan fingerprint density at radius 2 is 2.25 bits per heavy atom. The molecule has 0 saturated heterocycles. The lowest BCUT2D eigenvalue weighted by Crippen LogP contribution is -2.08. The Labute approximate surface area is 70.0 Å². The van der Waals surface area contributed by atoms with Crippen LogP contribution in [-0.4, -0.2) is 33.7 Å². The number of aryl methyl sites for hydroxylation is 1. The van der Waals surface area contributed by atoms with Crippen LogP contribution in [0.25, 0.3) is 0 Å². The van der Waals surface area contributed by atoms with Crippen molar-refractivity contribution in [3.05, 3.63) is 12.4 Å². The van der Waals surface area contributed by atoms with Gasteiger partial charge in [-0.15, -0.1) is 5.10 Å². The van der Waals surface area contributed by atoms with E-state index < -0.39 is 10.1 Å². The SMILES string of the molecule is O=S(=O)(O)CCCn1ccnn1. The summed E-state index contributed by atoms with van der Waals surface area (Å²) >= 11 is 0. The zero-order valence-electron chi connectivity index (χ0n) is 6.29. The molecule has 12 heavy (non-hydrogen) atoms. The van der Waals surface area contributed by atoms with Crippen LogP contribution < -0.4 is 0 Å². The van der Waals surface area contributed by atoms with Crippen LogP contribution in [0.3, 0.4) is 0 Å². The van der Waals surface area contributed by atoms with Crippen molar-refractivity contribution in [3.63, 3.8) is 0 Å². The maximum Gasteiger partial charge on any atom is 0.264 e. The highest BCUT2D eigenvalue weighted by Gasteiger charge is 2.03. The highest BCUT2D eigenvalue weighted by atomic mass is 32.2. The van der Waals surface area contributed by atoms with Gasteiger partial charge in [-0.25, -0.2) is 0 Å². The van der Waals surface area contributed by atoms with Gasteiger partial charge in [-0.1, -0.05) is 5.21 Å². The largest absolute Gasteiger partial charge is 0.286 e. The standard InChI is InChI=1S/C5H9N3O3S/c9-12(10,11)5-1-3-8-4-2-6-7-8/h2,4H,1,3,5H2,(H,9,10,11). The first-order valence-corrected chi connectivity index (χ1v) is 4.98. The van der Waals surface area contributed by atoms with Gasteiger partial charge in [0, 0.05) is 12.7 Å². The molecule has 0 fully saturated rings. The van der Waals surface area contributed by atoms with Crippen LogP contribution in [0, 0.1) is 0 Å². The van der Waals surface area contributed by atoms with E-state index in [9.17, 15) is 8.42 Å². The van der Waals surface area contributed by atoms with Crippen LogP contribution in [0.5, 0.6) is 0 Å². The summed E-state index contributed by atoms with van der Waals surface area (Å²) in [5, 5.41) is 7.16. The minimum atomic E-state index is -3.84. The zero-order chi connectivity index (χ0) is 9.03. The molecule has 0 aliphatic rings. The fourth-order valence-electron chi connectivity index (χ4n) is 0.761. The van der Waals surface area contributed by atoms with E-state index in [1.165, 1.54) is 10.9 Å². The number of hydrogen-bond donors (Lipinski definition) is 1. The second-order valence-corrected chi connectivity index (χ2v) is 3.88. The average Bonchev–Trinajstić information content (AvgIpc) is 2.36. The van der Waals surface area contributed by atoms with Gasteiger partial charge in [0.25, 0.3) is 10.1 Å². The highest BCUT2D eigenvalue weighted by Crippen LogP contribution is 1.91. The molecule has 0 atom stereocenters. The summed E-state index contributed by atoms with van der Waals surface area (Å²) in [4.78, 5) is 0. The van der Waals surface area contributed by atoms with Gasteiger partial charge in [-0.2, -0.15) is 8.42 Å². The van der Waals surface area contributed by atoms with Gasteiger partial charge in [0.15, 0.2) is 0 Å². The van der Waals surface area contributed by atoms with Crippen molar-refractivity contribution in [2.24, 2.45) is 0 Å². The van der Waals surface area contributed by atoms with Gasteiger partial charge in [-0.05, 0) is 6.42 Å². The zero-order valence-corrected chi connectivity index (χ0v) is 7.11. The molecule has 0 unspecified atom stereocenters. The topological polar surface area (TPSA) is 85.1 Å². The number of rotatable bonds is 4. The highest BCUT2D eigenvalue weighted by molar-refractivity contribution is 7.85. The van der Waals surface area contributed by atoms with E-state index in [0.29, 0.717) is 13.0 Å². The third-order valence-corrected chi connectivity index (χ3v) is 2.07. The molecule has 0 saturated carbocycles. The summed E-state index contributed by atoms with van der Waals surface area (Å²) in [5.74, 6) is -0.243. The fraction of sp³-hybridized carbons (Fsp3) is 0.600. The molecule has 6 nitrogen and oxygen atoms in total. The third-order valence-electron chi connectivity index (χ3n) is 1.26. The van der Waals surface area contributed by atoms with Crippen LogP contribution >= 0.6 is 0 Å². The quantitative estimate of drug-likeness (QED) is 0.652. The summed E-state index contributed by atoms with van der Waals surface area (Å²) in [5.41, 5.74) is 0. The van der Waals surface area contributed by atoms with Crippen molar-refractivity contribution in [1.82, 2.24) is 15.0 Å². The molecule has 0 aliphatic carbocycles. The van der Waals surface area contributed by atoms with Gasteiger partial charge in [0.2, 0.25) is 0 Å². The molecule has 0 spiro atoms. The monoisotopic (exact) mass is 191 g/mol. The maximum atomic E-state index is 10.3. The maximum absolute atomic E-state index is 10.3. The van der Waals surface area contributed by atoms with Crippen molar-refractivity contribution in [2.75, 3.05) is 5.75 Å². The molecule has 1 N–H and O–H groups in total. The van der Waals surface area contributed by atoms with E-state index in [0.717, 1.165) is 0 Å². The van der Waals surface area contributed by atoms with Crippen molar-refractivity contribution in [1.29, 1.82) is 0 Å². The first-order chi connectivity index (χ1) is 5.58. The van der Waals surface area contributed by atoms with Gasteiger partial charge in [0.1, 0.15) is 0 Å². The second-order valence-electron chi connectivity index (χ2n) is 2.31. The molecule has 0 amide bonds. The van der Waals surface area contributed by atoms with Gasteiger partial charge >= 0.3 is 0 Å². The van der Waals surface area contributed by atoms with Crippen LogP contribution in [0.2, 0.25) is 0 Å². The lowest BCUT2D eigenvalue weighted by molar-refractivity contribution is 0.475. The summed E-state index contributed by atoms with van der Waals surface area (Å²) in [6, 6.07) is 0. The molecule has 1 heterocycles. The van der Waals surface area contributed by atoms with Crippen LogP contribution in [0.15, 0.2) is 12.4 Å². The molecule has 68 valence electrons. The Morgan fingerprint density at radius 1 is 1.50 bits per heavy atom. The van der Waals surface area contributed by atoms with E-state index in [1.807, 2.05) is 0 Å². The molecular weight excluding hydrogens is 182 g/mol. The van der Waals surface area contributed by atoms with Crippen LogP contribution in [0.4, 0.5) is 0 Å². The number of aromatic nitrogens is 3. The predicted octanol–water partition coefficient (Wildman–Crippen LogP) is -0.444. The minimum Gasteiger partial charge on any atom is -0.286 e. The van der Waals surface area contributed by atoms with E-state index in [1.54, 1.807) is 6.20 Å². The molecule has 7 heteroatoms. The minimum absolute atomic E-state index is 0.243. The first-order valence-electron chi connectivity index (χ1n) is 3.37. The Balaban J connectivity index is 2.29. The number of hydrogen-bond acceptors (Lipinski definition) is 4. The smallest absolute Gasteiger partial charge is 0.264 e. The molecule has 0 aromatic carbocycles. The molecule has 1 aromatic rings. The Hall–Kier alpha value is -0.950. The average molecular weight is 191 g/mol. The van der Waals surface area contributed by atoms with E-state index in [-0.39, 0.29) is 5.75 Å². The molecule has 1 aromatic heterocycles. The number of nitrogens with zero attached hydrogens (tertiary/aromatic N) is 3. The molecule has 0 aliphatic heterocycles. The molecular formula is C5H9N3O3S. The predicted molar refractivity (Wildman–Crippen MR) is 41.1 cm³/mol. The summed E-state index contributed by atoms with van der Waals surface area (Å²) in [6.45, 7) is 0.444. The normalized spacial score (nSPS) is 11.8. The van der Waals surface area contributed by atoms with E-state index in [2.05, 4.69) is 10.3 Å². The van der Waals surface area contributed by atoms with Crippen molar-refractivity contribution < 1.29 is 13.0 Å². The summed E-state index contributed by atoms with van der Waals surface area (Å²) < 4.78 is 30.4. The van der Waals surface area contributed by atoms with Crippen molar-refractivity contribution in [2.45, 2.75) is 13.0 Å². The summed E-state index contributed by atoms with van der Waals surface area (Å²) in [7, 11) is -3.84. The Morgan fingerprint density at radius 3 is 2.75 bits per heavy atom. The Bertz CT molecular complexity index is 318. The lowest BCUT2D eigenvalue weighted by atomic mass is 10.5. The molecule has 0 bridgehead atoms.